The minimum atomic E-state index is -0.180. The number of hydrogen-bond acceptors (Lipinski definition) is 1. The van der Waals surface area contributed by atoms with E-state index in [-0.39, 0.29) is 12.0 Å². The lowest BCUT2D eigenvalue weighted by molar-refractivity contribution is 0.219. The molecule has 0 atom stereocenters. The van der Waals surface area contributed by atoms with E-state index in [1.807, 2.05) is 12.1 Å². The zero-order chi connectivity index (χ0) is 10.9. The third kappa shape index (κ3) is 1.75. The topological polar surface area (TPSA) is 20.2 Å². The van der Waals surface area contributed by atoms with Crippen LogP contribution >= 0.6 is 0 Å². The van der Waals surface area contributed by atoms with Gasteiger partial charge in [0, 0.05) is 5.41 Å². The number of rotatable bonds is 2. The van der Waals surface area contributed by atoms with Crippen LogP contribution in [0.2, 0.25) is 0 Å². The lowest BCUT2D eigenvalue weighted by Crippen LogP contribution is -2.22. The normalized spacial score (nSPS) is 11.9. The lowest BCUT2D eigenvalue weighted by atomic mass is 9.82. The van der Waals surface area contributed by atoms with E-state index in [1.54, 1.807) is 0 Å². The number of fused-ring (bicyclic) bond motifs is 1. The van der Waals surface area contributed by atoms with E-state index in [9.17, 15) is 5.11 Å². The molecule has 0 heterocycles. The maximum absolute atomic E-state index is 9.41. The lowest BCUT2D eigenvalue weighted by Gasteiger charge is -2.24. The Hall–Kier alpha value is -1.34. The molecule has 0 fully saturated rings. The maximum atomic E-state index is 9.41. The minimum Gasteiger partial charge on any atom is -0.395 e. The van der Waals surface area contributed by atoms with E-state index in [4.69, 9.17) is 0 Å². The van der Waals surface area contributed by atoms with Gasteiger partial charge in [-0.3, -0.25) is 0 Å². The van der Waals surface area contributed by atoms with Gasteiger partial charge in [0.1, 0.15) is 0 Å². The third-order valence-electron chi connectivity index (χ3n) is 2.91. The van der Waals surface area contributed by atoms with E-state index < -0.39 is 0 Å². The highest BCUT2D eigenvalue weighted by Crippen LogP contribution is 2.29. The van der Waals surface area contributed by atoms with Crippen LogP contribution in [-0.2, 0) is 5.41 Å². The fraction of sp³-hybridized carbons (Fsp3) is 0.286. The zero-order valence-electron chi connectivity index (χ0n) is 9.20. The Labute approximate surface area is 90.4 Å². The second kappa shape index (κ2) is 3.67. The SMILES string of the molecule is CC(C)(CO)c1cccc2ccccc12. The van der Waals surface area contributed by atoms with Gasteiger partial charge in [0.05, 0.1) is 6.61 Å². The summed E-state index contributed by atoms with van der Waals surface area (Å²) >= 11 is 0. The first-order valence-electron chi connectivity index (χ1n) is 5.24. The molecule has 0 spiro atoms. The summed E-state index contributed by atoms with van der Waals surface area (Å²) in [5, 5.41) is 11.9. The number of aliphatic hydroxyl groups excluding tert-OH is 1. The first-order valence-corrected chi connectivity index (χ1v) is 5.24. The van der Waals surface area contributed by atoms with Crippen molar-refractivity contribution in [3.63, 3.8) is 0 Å². The van der Waals surface area contributed by atoms with Crippen molar-refractivity contribution in [3.05, 3.63) is 48.0 Å². The molecule has 0 aliphatic heterocycles. The molecule has 0 aromatic heterocycles. The highest BCUT2D eigenvalue weighted by atomic mass is 16.3. The fourth-order valence-electron chi connectivity index (χ4n) is 1.90. The van der Waals surface area contributed by atoms with Gasteiger partial charge in [0.2, 0.25) is 0 Å². The average Bonchev–Trinajstić information content (AvgIpc) is 2.28. The van der Waals surface area contributed by atoms with Gasteiger partial charge in [-0.1, -0.05) is 56.3 Å². The second-order valence-corrected chi connectivity index (χ2v) is 4.57. The summed E-state index contributed by atoms with van der Waals surface area (Å²) < 4.78 is 0. The van der Waals surface area contributed by atoms with Gasteiger partial charge < -0.3 is 5.11 Å². The molecule has 78 valence electrons. The zero-order valence-corrected chi connectivity index (χ0v) is 9.20. The number of benzene rings is 2. The summed E-state index contributed by atoms with van der Waals surface area (Å²) in [4.78, 5) is 0. The van der Waals surface area contributed by atoms with Crippen LogP contribution in [0.15, 0.2) is 42.5 Å². The highest BCUT2D eigenvalue weighted by Gasteiger charge is 2.21. The molecule has 1 nitrogen and oxygen atoms in total. The van der Waals surface area contributed by atoms with Crippen molar-refractivity contribution in [2.45, 2.75) is 19.3 Å². The number of hydrogen-bond donors (Lipinski definition) is 1. The van der Waals surface area contributed by atoms with Crippen LogP contribution in [0.5, 0.6) is 0 Å². The number of aliphatic hydroxyl groups is 1. The first-order chi connectivity index (χ1) is 7.15. The molecule has 0 unspecified atom stereocenters. The summed E-state index contributed by atoms with van der Waals surface area (Å²) in [5.41, 5.74) is 1.03. The molecular formula is C14H16O. The summed E-state index contributed by atoms with van der Waals surface area (Å²) in [6.45, 7) is 4.30. The van der Waals surface area contributed by atoms with Gasteiger partial charge in [0.25, 0.3) is 0 Å². The Kier molecular flexibility index (Phi) is 2.49. The van der Waals surface area contributed by atoms with Crippen molar-refractivity contribution in [1.82, 2.24) is 0 Å². The van der Waals surface area contributed by atoms with Crippen molar-refractivity contribution in [2.75, 3.05) is 6.61 Å². The molecule has 0 saturated carbocycles. The standard InChI is InChI=1S/C14H16O/c1-14(2,10-15)13-9-5-7-11-6-3-4-8-12(11)13/h3-9,15H,10H2,1-2H3. The first kappa shape index (κ1) is 10.2. The van der Waals surface area contributed by atoms with E-state index >= 15 is 0 Å². The molecule has 1 N–H and O–H groups in total. The molecule has 0 bridgehead atoms. The Morgan fingerprint density at radius 2 is 1.67 bits per heavy atom. The molecule has 0 radical (unpaired) electrons. The highest BCUT2D eigenvalue weighted by molar-refractivity contribution is 5.86. The van der Waals surface area contributed by atoms with Crippen LogP contribution in [0.1, 0.15) is 19.4 Å². The third-order valence-corrected chi connectivity index (χ3v) is 2.91. The van der Waals surface area contributed by atoms with Gasteiger partial charge in [0.15, 0.2) is 0 Å². The summed E-state index contributed by atoms with van der Waals surface area (Å²) in [5.74, 6) is 0. The second-order valence-electron chi connectivity index (χ2n) is 4.57. The Bertz CT molecular complexity index is 466. The van der Waals surface area contributed by atoms with Gasteiger partial charge in [-0.2, -0.15) is 0 Å². The molecular weight excluding hydrogens is 184 g/mol. The van der Waals surface area contributed by atoms with Crippen LogP contribution in [0.25, 0.3) is 10.8 Å². The van der Waals surface area contributed by atoms with Crippen molar-refractivity contribution in [1.29, 1.82) is 0 Å². The van der Waals surface area contributed by atoms with Crippen molar-refractivity contribution in [3.8, 4) is 0 Å². The summed E-state index contributed by atoms with van der Waals surface area (Å²) in [7, 11) is 0. The van der Waals surface area contributed by atoms with Gasteiger partial charge in [-0.25, -0.2) is 0 Å². The predicted octanol–water partition coefficient (Wildman–Crippen LogP) is 3.11. The van der Waals surface area contributed by atoms with Gasteiger partial charge in [-0.05, 0) is 16.3 Å². The van der Waals surface area contributed by atoms with Crippen molar-refractivity contribution >= 4 is 10.8 Å². The van der Waals surface area contributed by atoms with Crippen LogP contribution in [-0.4, -0.2) is 11.7 Å². The Morgan fingerprint density at radius 3 is 2.40 bits per heavy atom. The molecule has 0 saturated heterocycles. The average molecular weight is 200 g/mol. The van der Waals surface area contributed by atoms with Crippen molar-refractivity contribution in [2.24, 2.45) is 0 Å². The molecule has 15 heavy (non-hydrogen) atoms. The molecule has 0 aliphatic carbocycles. The largest absolute Gasteiger partial charge is 0.395 e. The maximum Gasteiger partial charge on any atom is 0.0522 e. The Balaban J connectivity index is 2.71. The summed E-state index contributed by atoms with van der Waals surface area (Å²) in [6, 6.07) is 14.5. The minimum absolute atomic E-state index is 0.168. The van der Waals surface area contributed by atoms with E-state index in [1.165, 1.54) is 16.3 Å². The van der Waals surface area contributed by atoms with Crippen LogP contribution < -0.4 is 0 Å². The van der Waals surface area contributed by atoms with Gasteiger partial charge in [-0.15, -0.1) is 0 Å². The van der Waals surface area contributed by atoms with E-state index in [0.29, 0.717) is 0 Å². The molecule has 2 aromatic rings. The molecule has 2 aromatic carbocycles. The molecule has 0 amide bonds. The fourth-order valence-corrected chi connectivity index (χ4v) is 1.90. The quantitative estimate of drug-likeness (QED) is 0.789. The van der Waals surface area contributed by atoms with Crippen LogP contribution in [0, 0.1) is 0 Å². The molecule has 2 rings (SSSR count). The Morgan fingerprint density at radius 1 is 1.00 bits per heavy atom. The van der Waals surface area contributed by atoms with E-state index in [2.05, 4.69) is 44.2 Å². The summed E-state index contributed by atoms with van der Waals surface area (Å²) in [6.07, 6.45) is 0. The smallest absolute Gasteiger partial charge is 0.0522 e. The predicted molar refractivity (Wildman–Crippen MR) is 64.1 cm³/mol. The van der Waals surface area contributed by atoms with Gasteiger partial charge >= 0.3 is 0 Å². The molecule has 0 aliphatic rings. The van der Waals surface area contributed by atoms with Crippen molar-refractivity contribution < 1.29 is 5.11 Å². The monoisotopic (exact) mass is 200 g/mol. The van der Waals surface area contributed by atoms with E-state index in [0.717, 1.165) is 0 Å². The van der Waals surface area contributed by atoms with Crippen LogP contribution in [0.3, 0.4) is 0 Å². The van der Waals surface area contributed by atoms with Crippen LogP contribution in [0.4, 0.5) is 0 Å². The molecule has 1 heteroatoms.